The average molecular weight is 528 g/mol. The highest BCUT2D eigenvalue weighted by atomic mass is 79.9. The van der Waals surface area contributed by atoms with Gasteiger partial charge in [0.15, 0.2) is 0 Å². The molecular formula is C31H31BrN2O. The van der Waals surface area contributed by atoms with E-state index in [0.717, 1.165) is 48.9 Å². The Hall–Kier alpha value is -3.11. The third kappa shape index (κ3) is 4.04. The summed E-state index contributed by atoms with van der Waals surface area (Å²) in [5, 5.41) is 14.0. The molecule has 0 radical (unpaired) electrons. The van der Waals surface area contributed by atoms with E-state index in [1.54, 1.807) is 0 Å². The van der Waals surface area contributed by atoms with Crippen LogP contribution in [0.2, 0.25) is 0 Å². The smallest absolute Gasteiger partial charge is 0.149 e. The number of para-hydroxylation sites is 1. The van der Waals surface area contributed by atoms with Gasteiger partial charge in [-0.2, -0.15) is 0 Å². The number of nitrogens with zero attached hydrogens (tertiary/aromatic N) is 2. The Morgan fingerprint density at radius 3 is 2.20 bits per heavy atom. The van der Waals surface area contributed by atoms with Crippen molar-refractivity contribution in [2.75, 3.05) is 0 Å². The van der Waals surface area contributed by atoms with Gasteiger partial charge in [-0.05, 0) is 62.0 Å². The second-order valence-electron chi connectivity index (χ2n) is 11.3. The summed E-state index contributed by atoms with van der Waals surface area (Å²) in [6.07, 6.45) is 0. The highest BCUT2D eigenvalue weighted by Crippen LogP contribution is 2.44. The lowest BCUT2D eigenvalue weighted by Gasteiger charge is -2.27. The molecule has 3 nitrogen and oxygen atoms in total. The Balaban J connectivity index is 1.95. The molecule has 5 aromatic rings. The first-order valence-corrected chi connectivity index (χ1v) is 12.8. The molecule has 5 rings (SSSR count). The first-order chi connectivity index (χ1) is 16.5. The molecule has 0 unspecified atom stereocenters. The largest absolute Gasteiger partial charge is 0.507 e. The SMILES string of the molecule is CC(C)(C)c1cc(-c2nc3c(Br)cccc3n2-c2cccc3ccccc23)c(O)c(C(C)(C)C)c1. The van der Waals surface area contributed by atoms with Gasteiger partial charge < -0.3 is 5.11 Å². The number of hydrogen-bond donors (Lipinski definition) is 1. The lowest BCUT2D eigenvalue weighted by molar-refractivity contribution is 0.446. The summed E-state index contributed by atoms with van der Waals surface area (Å²) in [6, 6.07) is 25.1. The molecule has 0 aliphatic carbocycles. The maximum absolute atomic E-state index is 11.7. The maximum atomic E-state index is 11.7. The minimum atomic E-state index is -0.225. The predicted octanol–water partition coefficient (Wildman–Crippen LogP) is 8.91. The zero-order valence-electron chi connectivity index (χ0n) is 21.1. The monoisotopic (exact) mass is 526 g/mol. The summed E-state index contributed by atoms with van der Waals surface area (Å²) >= 11 is 3.71. The standard InChI is InChI=1S/C31H31BrN2O/c1-30(2,3)20-17-22(28(35)23(18-20)31(4,5)6)29-33-27-24(32)14-10-16-26(27)34(29)25-15-9-12-19-11-7-8-13-21(19)25/h7-18,35H,1-6H3. The minimum absolute atomic E-state index is 0.0840. The Labute approximate surface area is 215 Å². The van der Waals surface area contributed by atoms with Crippen molar-refractivity contribution >= 4 is 37.7 Å². The number of halogens is 1. The number of fused-ring (bicyclic) bond motifs is 2. The molecule has 0 bridgehead atoms. The second kappa shape index (κ2) is 8.23. The molecule has 178 valence electrons. The van der Waals surface area contributed by atoms with Crippen molar-refractivity contribution in [1.82, 2.24) is 9.55 Å². The molecule has 0 amide bonds. The molecule has 0 atom stereocenters. The fourth-order valence-corrected chi connectivity index (χ4v) is 5.15. The topological polar surface area (TPSA) is 38.0 Å². The number of benzene rings is 4. The van der Waals surface area contributed by atoms with E-state index >= 15 is 0 Å². The van der Waals surface area contributed by atoms with Crippen LogP contribution in [0.4, 0.5) is 0 Å². The van der Waals surface area contributed by atoms with Crippen LogP contribution in [-0.2, 0) is 10.8 Å². The summed E-state index contributed by atoms with van der Waals surface area (Å²) in [4.78, 5) is 5.13. The van der Waals surface area contributed by atoms with E-state index in [-0.39, 0.29) is 10.8 Å². The Morgan fingerprint density at radius 1 is 0.800 bits per heavy atom. The highest BCUT2D eigenvalue weighted by molar-refractivity contribution is 9.10. The van der Waals surface area contributed by atoms with Crippen LogP contribution < -0.4 is 0 Å². The van der Waals surface area contributed by atoms with Gasteiger partial charge >= 0.3 is 0 Å². The Morgan fingerprint density at radius 2 is 1.49 bits per heavy atom. The third-order valence-electron chi connectivity index (χ3n) is 6.67. The van der Waals surface area contributed by atoms with Crippen LogP contribution in [0.15, 0.2) is 77.3 Å². The van der Waals surface area contributed by atoms with Crippen LogP contribution in [-0.4, -0.2) is 14.7 Å². The van der Waals surface area contributed by atoms with Crippen LogP contribution in [0.3, 0.4) is 0 Å². The zero-order chi connectivity index (χ0) is 25.1. The van der Waals surface area contributed by atoms with Crippen molar-refractivity contribution in [1.29, 1.82) is 0 Å². The summed E-state index contributed by atoms with van der Waals surface area (Å²) in [5.74, 6) is 1.02. The lowest BCUT2D eigenvalue weighted by Crippen LogP contribution is -2.17. The summed E-state index contributed by atoms with van der Waals surface area (Å²) in [6.45, 7) is 13.0. The summed E-state index contributed by atoms with van der Waals surface area (Å²) < 4.78 is 3.12. The van der Waals surface area contributed by atoms with Gasteiger partial charge in [-0.3, -0.25) is 4.57 Å². The number of aromatic hydroxyl groups is 1. The van der Waals surface area contributed by atoms with Crippen molar-refractivity contribution in [3.8, 4) is 22.8 Å². The van der Waals surface area contributed by atoms with Crippen LogP contribution in [0, 0.1) is 0 Å². The normalized spacial score (nSPS) is 12.5. The van der Waals surface area contributed by atoms with E-state index in [2.05, 4.69) is 123 Å². The first kappa shape index (κ1) is 23.6. The molecule has 1 N–H and O–H groups in total. The number of phenolic OH excluding ortho intramolecular Hbond substituents is 1. The average Bonchev–Trinajstić information content (AvgIpc) is 3.18. The van der Waals surface area contributed by atoms with Gasteiger partial charge in [-0.25, -0.2) is 4.98 Å². The van der Waals surface area contributed by atoms with Crippen molar-refractivity contribution in [3.05, 3.63) is 88.4 Å². The number of imidazole rings is 1. The van der Waals surface area contributed by atoms with Gasteiger partial charge in [0, 0.05) is 15.4 Å². The molecule has 35 heavy (non-hydrogen) atoms. The lowest BCUT2D eigenvalue weighted by atomic mass is 9.79. The summed E-state index contributed by atoms with van der Waals surface area (Å²) in [5.41, 5.74) is 5.43. The fourth-order valence-electron chi connectivity index (χ4n) is 4.70. The molecule has 0 aliphatic heterocycles. The molecule has 1 aromatic heterocycles. The third-order valence-corrected chi connectivity index (χ3v) is 7.31. The van der Waals surface area contributed by atoms with E-state index in [0.29, 0.717) is 5.75 Å². The van der Waals surface area contributed by atoms with Gasteiger partial charge in [-0.1, -0.05) is 90.1 Å². The van der Waals surface area contributed by atoms with Gasteiger partial charge in [0.1, 0.15) is 17.1 Å². The zero-order valence-corrected chi connectivity index (χ0v) is 22.7. The predicted molar refractivity (Wildman–Crippen MR) is 151 cm³/mol. The molecule has 0 saturated heterocycles. The van der Waals surface area contributed by atoms with Gasteiger partial charge in [0.25, 0.3) is 0 Å². The summed E-state index contributed by atoms with van der Waals surface area (Å²) in [7, 11) is 0. The molecule has 1 heterocycles. The number of aromatic nitrogens is 2. The van der Waals surface area contributed by atoms with Crippen LogP contribution in [0.25, 0.3) is 38.9 Å². The second-order valence-corrected chi connectivity index (χ2v) is 12.2. The Bertz CT molecular complexity index is 1580. The molecule has 4 heteroatoms. The van der Waals surface area contributed by atoms with E-state index in [9.17, 15) is 5.11 Å². The van der Waals surface area contributed by atoms with Gasteiger partial charge in [0.2, 0.25) is 0 Å². The molecule has 0 spiro atoms. The Kier molecular flexibility index (Phi) is 5.56. The van der Waals surface area contributed by atoms with Crippen molar-refractivity contribution < 1.29 is 5.11 Å². The molecule has 0 fully saturated rings. The van der Waals surface area contributed by atoms with Crippen LogP contribution in [0.1, 0.15) is 52.7 Å². The van der Waals surface area contributed by atoms with Crippen LogP contribution in [0.5, 0.6) is 5.75 Å². The number of phenols is 1. The van der Waals surface area contributed by atoms with E-state index in [4.69, 9.17) is 4.98 Å². The maximum Gasteiger partial charge on any atom is 0.149 e. The first-order valence-electron chi connectivity index (χ1n) is 12.0. The van der Waals surface area contributed by atoms with Crippen molar-refractivity contribution in [3.63, 3.8) is 0 Å². The van der Waals surface area contributed by atoms with E-state index in [1.807, 2.05) is 12.1 Å². The van der Waals surface area contributed by atoms with Crippen LogP contribution >= 0.6 is 15.9 Å². The van der Waals surface area contributed by atoms with Crippen molar-refractivity contribution in [2.24, 2.45) is 0 Å². The van der Waals surface area contributed by atoms with Gasteiger partial charge in [0.05, 0.1) is 16.8 Å². The number of rotatable bonds is 2. The molecule has 4 aromatic carbocycles. The number of hydrogen-bond acceptors (Lipinski definition) is 2. The van der Waals surface area contributed by atoms with Gasteiger partial charge in [-0.15, -0.1) is 0 Å². The highest BCUT2D eigenvalue weighted by Gasteiger charge is 2.28. The quantitative estimate of drug-likeness (QED) is 0.249. The molecular weight excluding hydrogens is 496 g/mol. The molecule has 0 saturated carbocycles. The minimum Gasteiger partial charge on any atom is -0.507 e. The van der Waals surface area contributed by atoms with Crippen molar-refractivity contribution in [2.45, 2.75) is 52.4 Å². The van der Waals surface area contributed by atoms with E-state index in [1.165, 1.54) is 5.56 Å². The van der Waals surface area contributed by atoms with E-state index < -0.39 is 0 Å². The molecule has 0 aliphatic rings. The fraction of sp³-hybridized carbons (Fsp3) is 0.258.